The number of rotatable bonds is 7. The zero-order valence-corrected chi connectivity index (χ0v) is 11.6. The second kappa shape index (κ2) is 6.74. The summed E-state index contributed by atoms with van der Waals surface area (Å²) >= 11 is 1.78. The predicted molar refractivity (Wildman–Crippen MR) is 77.4 cm³/mol. The van der Waals surface area contributed by atoms with E-state index in [0.717, 1.165) is 17.1 Å². The lowest BCUT2D eigenvalue weighted by molar-refractivity contribution is 0.253. The van der Waals surface area contributed by atoms with Crippen LogP contribution in [0.15, 0.2) is 17.3 Å². The van der Waals surface area contributed by atoms with Crippen LogP contribution in [0.2, 0.25) is 0 Å². The van der Waals surface area contributed by atoms with Gasteiger partial charge in [0.05, 0.1) is 18.5 Å². The summed E-state index contributed by atoms with van der Waals surface area (Å²) in [7, 11) is 0. The van der Waals surface area contributed by atoms with Crippen molar-refractivity contribution in [3.63, 3.8) is 0 Å². The lowest BCUT2D eigenvalue weighted by Crippen LogP contribution is -2.34. The van der Waals surface area contributed by atoms with Crippen molar-refractivity contribution >= 4 is 22.8 Å². The average Bonchev–Trinajstić information content (AvgIpc) is 2.84. The van der Waals surface area contributed by atoms with E-state index in [1.807, 2.05) is 0 Å². The van der Waals surface area contributed by atoms with Gasteiger partial charge in [0.2, 0.25) is 0 Å². The van der Waals surface area contributed by atoms with Crippen LogP contribution in [0.4, 0.5) is 0 Å². The summed E-state index contributed by atoms with van der Waals surface area (Å²) in [5.41, 5.74) is 1.93. The molecule has 19 heavy (non-hydrogen) atoms. The van der Waals surface area contributed by atoms with Crippen LogP contribution in [-0.4, -0.2) is 44.2 Å². The average molecular weight is 282 g/mol. The molecular weight excluding hydrogens is 264 g/mol. The monoisotopic (exact) mass is 282 g/mol. The van der Waals surface area contributed by atoms with Gasteiger partial charge in [-0.15, -0.1) is 0 Å². The van der Waals surface area contributed by atoms with E-state index in [2.05, 4.69) is 27.2 Å². The molecule has 4 N–H and O–H groups in total. The minimum Gasteiger partial charge on any atom is -0.395 e. The first-order chi connectivity index (χ1) is 9.26. The lowest BCUT2D eigenvalue weighted by atomic mass is 10.2. The first kappa shape index (κ1) is 14.1. The van der Waals surface area contributed by atoms with Gasteiger partial charge in [-0.25, -0.2) is 4.98 Å². The van der Waals surface area contributed by atoms with Crippen LogP contribution in [0.5, 0.6) is 0 Å². The maximum absolute atomic E-state index is 11.5. The molecule has 0 aromatic carbocycles. The van der Waals surface area contributed by atoms with Crippen LogP contribution in [0, 0.1) is 0 Å². The van der Waals surface area contributed by atoms with E-state index in [4.69, 9.17) is 0 Å². The maximum Gasteiger partial charge on any atom is 0.275 e. The fourth-order valence-corrected chi connectivity index (χ4v) is 2.57. The topological polar surface area (TPSA) is 93.8 Å². The van der Waals surface area contributed by atoms with Gasteiger partial charge in [-0.3, -0.25) is 4.79 Å². The molecule has 0 bridgehead atoms. The maximum atomic E-state index is 11.5. The number of aliphatic hydroxyl groups is 1. The Kier molecular flexibility index (Phi) is 5.00. The first-order valence-electron chi connectivity index (χ1n) is 6.21. The molecule has 2 heterocycles. The van der Waals surface area contributed by atoms with E-state index < -0.39 is 0 Å². The van der Waals surface area contributed by atoms with Gasteiger partial charge in [-0.2, -0.15) is 11.8 Å². The van der Waals surface area contributed by atoms with Crippen LogP contribution in [0.3, 0.4) is 0 Å². The van der Waals surface area contributed by atoms with Gasteiger partial charge in [0, 0.05) is 30.1 Å². The third kappa shape index (κ3) is 3.37. The highest BCUT2D eigenvalue weighted by atomic mass is 32.2. The largest absolute Gasteiger partial charge is 0.395 e. The summed E-state index contributed by atoms with van der Waals surface area (Å²) in [6.45, 7) is 2.77. The Balaban J connectivity index is 2.05. The Morgan fingerprint density at radius 1 is 1.53 bits per heavy atom. The van der Waals surface area contributed by atoms with Crippen molar-refractivity contribution in [3.05, 3.63) is 28.4 Å². The van der Waals surface area contributed by atoms with Crippen molar-refractivity contribution in [2.75, 3.05) is 18.1 Å². The van der Waals surface area contributed by atoms with E-state index in [-0.39, 0.29) is 18.2 Å². The minimum atomic E-state index is -0.170. The summed E-state index contributed by atoms with van der Waals surface area (Å²) < 4.78 is 0. The minimum absolute atomic E-state index is 0.0527. The van der Waals surface area contributed by atoms with Gasteiger partial charge < -0.3 is 20.4 Å². The number of fused-ring (bicyclic) bond motifs is 1. The molecule has 2 aromatic heterocycles. The zero-order valence-electron chi connectivity index (χ0n) is 10.8. The first-order valence-corrected chi connectivity index (χ1v) is 7.37. The molecule has 0 aliphatic heterocycles. The van der Waals surface area contributed by atoms with Crippen LogP contribution in [-0.2, 0) is 6.54 Å². The van der Waals surface area contributed by atoms with Gasteiger partial charge in [0.1, 0.15) is 5.52 Å². The number of nitrogens with one attached hydrogen (secondary N) is 3. The van der Waals surface area contributed by atoms with Crippen LogP contribution < -0.4 is 10.9 Å². The van der Waals surface area contributed by atoms with Crippen molar-refractivity contribution in [2.45, 2.75) is 19.5 Å². The molecule has 0 aliphatic carbocycles. The smallest absolute Gasteiger partial charge is 0.275 e. The van der Waals surface area contributed by atoms with Crippen LogP contribution in [0.25, 0.3) is 11.0 Å². The molecule has 7 heteroatoms. The molecule has 104 valence electrons. The van der Waals surface area contributed by atoms with Gasteiger partial charge >= 0.3 is 0 Å². The Labute approximate surface area is 115 Å². The summed E-state index contributed by atoms with van der Waals surface area (Å²) in [5, 5.41) is 12.6. The van der Waals surface area contributed by atoms with Crippen molar-refractivity contribution in [1.29, 1.82) is 0 Å². The Morgan fingerprint density at radius 2 is 2.37 bits per heavy atom. The summed E-state index contributed by atoms with van der Waals surface area (Å²) in [4.78, 5) is 21.2. The summed E-state index contributed by atoms with van der Waals surface area (Å²) in [6, 6.07) is 0.0527. The number of nitrogens with zero attached hydrogens (tertiary/aromatic N) is 1. The molecule has 0 aliphatic rings. The standard InChI is InChI=1S/C12H18N4O2S/c1-2-19-6-9(5-17)13-3-8-4-14-11-10(8)15-7-16-12(11)18/h4,7,9,13-14,17H,2-3,5-6H2,1H3,(H,15,16,18)/t9-/m1/s1. The van der Waals surface area contributed by atoms with Crippen LogP contribution in [0.1, 0.15) is 12.5 Å². The summed E-state index contributed by atoms with van der Waals surface area (Å²) in [5.74, 6) is 1.89. The zero-order chi connectivity index (χ0) is 13.7. The fraction of sp³-hybridized carbons (Fsp3) is 0.500. The predicted octanol–water partition coefficient (Wildman–Crippen LogP) is 0.455. The number of hydrogen-bond acceptors (Lipinski definition) is 5. The summed E-state index contributed by atoms with van der Waals surface area (Å²) in [6.07, 6.45) is 3.18. The fourth-order valence-electron chi connectivity index (χ4n) is 1.83. The molecule has 0 fully saturated rings. The van der Waals surface area contributed by atoms with E-state index in [1.165, 1.54) is 6.33 Å². The number of hydrogen-bond donors (Lipinski definition) is 4. The normalized spacial score (nSPS) is 12.9. The van der Waals surface area contributed by atoms with E-state index in [1.54, 1.807) is 18.0 Å². The number of thioether (sulfide) groups is 1. The van der Waals surface area contributed by atoms with E-state index >= 15 is 0 Å². The van der Waals surface area contributed by atoms with Crippen molar-refractivity contribution in [2.24, 2.45) is 0 Å². The quantitative estimate of drug-likeness (QED) is 0.592. The molecule has 0 radical (unpaired) electrons. The van der Waals surface area contributed by atoms with Crippen molar-refractivity contribution < 1.29 is 5.11 Å². The molecule has 0 unspecified atom stereocenters. The van der Waals surface area contributed by atoms with Crippen molar-refractivity contribution in [1.82, 2.24) is 20.3 Å². The third-order valence-corrected chi connectivity index (χ3v) is 3.92. The highest BCUT2D eigenvalue weighted by Gasteiger charge is 2.10. The van der Waals surface area contributed by atoms with Gasteiger partial charge in [-0.05, 0) is 5.75 Å². The van der Waals surface area contributed by atoms with Gasteiger partial charge in [0.15, 0.2) is 0 Å². The highest BCUT2D eigenvalue weighted by Crippen LogP contribution is 2.11. The number of aliphatic hydroxyl groups excluding tert-OH is 1. The molecule has 2 rings (SSSR count). The van der Waals surface area contributed by atoms with Gasteiger partial charge in [0.25, 0.3) is 5.56 Å². The molecule has 6 nitrogen and oxygen atoms in total. The molecule has 0 saturated heterocycles. The van der Waals surface area contributed by atoms with E-state index in [9.17, 15) is 9.90 Å². The van der Waals surface area contributed by atoms with Crippen molar-refractivity contribution in [3.8, 4) is 0 Å². The number of aromatic nitrogens is 3. The highest BCUT2D eigenvalue weighted by molar-refractivity contribution is 7.99. The van der Waals surface area contributed by atoms with E-state index in [0.29, 0.717) is 17.6 Å². The molecular formula is C12H18N4O2S. The molecule has 0 saturated carbocycles. The lowest BCUT2D eigenvalue weighted by Gasteiger charge is -2.14. The third-order valence-electron chi connectivity index (χ3n) is 2.87. The Morgan fingerprint density at radius 3 is 3.11 bits per heavy atom. The van der Waals surface area contributed by atoms with Gasteiger partial charge in [-0.1, -0.05) is 6.92 Å². The second-order valence-corrected chi connectivity index (χ2v) is 5.51. The number of aromatic amines is 2. The number of H-pyrrole nitrogens is 2. The molecule has 2 aromatic rings. The Hall–Kier alpha value is -1.31. The Bertz CT molecular complexity index is 580. The SMILES string of the molecule is CCSC[C@@H](CO)NCc1c[nH]c2c(=O)[nH]cnc12. The molecule has 1 atom stereocenters. The molecule has 0 spiro atoms. The second-order valence-electron chi connectivity index (χ2n) is 4.19. The molecule has 0 amide bonds. The van der Waals surface area contributed by atoms with Crippen LogP contribution >= 0.6 is 11.8 Å².